The van der Waals surface area contributed by atoms with Crippen molar-refractivity contribution in [1.29, 1.82) is 0 Å². The first-order valence-electron chi connectivity index (χ1n) is 4.78. The van der Waals surface area contributed by atoms with Gasteiger partial charge >= 0.3 is 0 Å². The Bertz CT molecular complexity index is 31.8. The van der Waals surface area contributed by atoms with E-state index in [1.165, 1.54) is 6.42 Å². The molecule has 0 bridgehead atoms. The normalized spacial score (nSPS) is 6.00. The minimum absolute atomic E-state index is 0. The van der Waals surface area contributed by atoms with Crippen molar-refractivity contribution < 1.29 is 37.0 Å². The molecule has 0 radical (unpaired) electrons. The Balaban J connectivity index is -0.0000000254. The maximum atomic E-state index is 7.57. The van der Waals surface area contributed by atoms with Gasteiger partial charge in [-0.05, 0) is 20.8 Å². The van der Waals surface area contributed by atoms with Crippen LogP contribution in [0.5, 0.6) is 0 Å². The van der Waals surface area contributed by atoms with Crippen LogP contribution in [-0.4, -0.2) is 35.1 Å². The first-order chi connectivity index (χ1) is 6.16. The summed E-state index contributed by atoms with van der Waals surface area (Å²) in [7, 11) is 0. The van der Waals surface area contributed by atoms with Gasteiger partial charge in [-0.15, -0.1) is 0 Å². The van der Waals surface area contributed by atoms with Crippen LogP contribution in [0.3, 0.4) is 0 Å². The molecule has 0 heterocycles. The minimum Gasteiger partial charge on any atom is -0.397 e. The van der Waals surface area contributed by atoms with Crippen molar-refractivity contribution >= 4 is 0 Å². The van der Waals surface area contributed by atoms with Crippen molar-refractivity contribution in [1.82, 2.24) is 0 Å². The Kier molecular flexibility index (Phi) is 144. The van der Waals surface area contributed by atoms with Crippen LogP contribution >= 0.6 is 0 Å². The van der Waals surface area contributed by atoms with E-state index in [0.29, 0.717) is 0 Å². The molecule has 0 aliphatic carbocycles. The second-order valence-corrected chi connectivity index (χ2v) is 1.80. The summed E-state index contributed by atoms with van der Waals surface area (Å²) in [4.78, 5) is 0. The van der Waals surface area contributed by atoms with Gasteiger partial charge in [0, 0.05) is 41.5 Å². The van der Waals surface area contributed by atoms with Gasteiger partial charge in [0.1, 0.15) is 0 Å². The predicted molar refractivity (Wildman–Crippen MR) is 58.5 cm³/mol. The van der Waals surface area contributed by atoms with Gasteiger partial charge in [0.2, 0.25) is 0 Å². The van der Waals surface area contributed by atoms with Gasteiger partial charge < -0.3 is 22.2 Å². The summed E-state index contributed by atoms with van der Waals surface area (Å²) in [6.07, 6.45) is 2.28. The van der Waals surface area contributed by atoms with Gasteiger partial charge in [0.25, 0.3) is 0 Å². The van der Waals surface area contributed by atoms with E-state index in [1.54, 1.807) is 20.8 Å². The smallest absolute Gasteiger partial charge is 0.0402 e. The van der Waals surface area contributed by atoms with E-state index in [-0.39, 0.29) is 41.5 Å². The Hall–Kier alpha value is 0.594. The Morgan fingerprint density at radius 3 is 0.857 bits per heavy atom. The van der Waals surface area contributed by atoms with Crippen molar-refractivity contribution in [2.45, 2.75) is 40.5 Å². The summed E-state index contributed by atoms with van der Waals surface area (Å²) in [6, 6.07) is 0. The number of unbranched alkanes of at least 4 members (excludes halogenated alkanes) is 1. The van der Waals surface area contributed by atoms with E-state index in [9.17, 15) is 0 Å². The monoisotopic (exact) mass is 243 g/mol. The van der Waals surface area contributed by atoms with Crippen LogP contribution in [-0.2, 0) is 21.7 Å². The fourth-order valence-corrected chi connectivity index (χ4v) is 0. The van der Waals surface area contributed by atoms with E-state index < -0.39 is 0 Å². The van der Waals surface area contributed by atoms with Crippen LogP contribution in [0.2, 0.25) is 0 Å². The van der Waals surface area contributed by atoms with Gasteiger partial charge in [-0.3, -0.25) is 0 Å². The molecular formula is C10H27O3Ti-. The summed E-state index contributed by atoms with van der Waals surface area (Å²) in [6.45, 7) is 11.5. The Labute approximate surface area is 104 Å². The predicted octanol–water partition coefficient (Wildman–Crippen LogP) is 1.61. The number of aliphatic hydroxyl groups excluding tert-OH is 3. The molecule has 4 heteroatoms. The molecule has 0 aromatic rings. The van der Waals surface area contributed by atoms with Gasteiger partial charge in [-0.25, -0.2) is 0 Å². The molecule has 0 aliphatic heterocycles. The Morgan fingerprint density at radius 2 is 0.857 bits per heavy atom. The van der Waals surface area contributed by atoms with Crippen LogP contribution < -0.4 is 0 Å². The molecule has 0 unspecified atom stereocenters. The molecule has 3 N–H and O–H groups in total. The van der Waals surface area contributed by atoms with E-state index >= 15 is 0 Å². The molecule has 3 nitrogen and oxygen atoms in total. The maximum Gasteiger partial charge on any atom is 0.0402 e. The number of hydrogen-bond acceptors (Lipinski definition) is 3. The quantitative estimate of drug-likeness (QED) is 0.484. The van der Waals surface area contributed by atoms with Crippen LogP contribution in [0, 0.1) is 6.92 Å². The van der Waals surface area contributed by atoms with Crippen molar-refractivity contribution in [2.24, 2.45) is 0 Å². The number of hydrogen-bond donors (Lipinski definition) is 3. The molecule has 0 saturated heterocycles. The first-order valence-corrected chi connectivity index (χ1v) is 4.78. The molecule has 0 spiro atoms. The number of rotatable bonds is 1. The van der Waals surface area contributed by atoms with Crippen molar-refractivity contribution in [2.75, 3.05) is 19.8 Å². The number of aliphatic hydroxyl groups is 3. The summed E-state index contributed by atoms with van der Waals surface area (Å²) < 4.78 is 0. The third-order valence-electron chi connectivity index (χ3n) is 0.354. The summed E-state index contributed by atoms with van der Waals surface area (Å²) in [5.41, 5.74) is 0. The molecule has 0 aromatic carbocycles. The molecule has 90 valence electrons. The van der Waals surface area contributed by atoms with Gasteiger partial charge in [0.05, 0.1) is 0 Å². The minimum atomic E-state index is 0. The van der Waals surface area contributed by atoms with Gasteiger partial charge in [-0.1, -0.05) is 13.3 Å². The van der Waals surface area contributed by atoms with Gasteiger partial charge in [0.15, 0.2) is 0 Å². The van der Waals surface area contributed by atoms with E-state index in [1.807, 2.05) is 0 Å². The second-order valence-electron chi connectivity index (χ2n) is 1.80. The van der Waals surface area contributed by atoms with Crippen molar-refractivity contribution in [3.05, 3.63) is 6.92 Å². The topological polar surface area (TPSA) is 60.7 Å². The maximum absolute atomic E-state index is 7.57. The molecule has 0 saturated carbocycles. The zero-order valence-corrected chi connectivity index (χ0v) is 11.6. The van der Waals surface area contributed by atoms with Crippen LogP contribution in [0.1, 0.15) is 40.5 Å². The molecule has 0 aliphatic rings. The van der Waals surface area contributed by atoms with Crippen molar-refractivity contribution in [3.8, 4) is 0 Å². The zero-order valence-electron chi connectivity index (χ0n) is 10.1. The summed E-state index contributed by atoms with van der Waals surface area (Å²) in [5, 5.41) is 22.7. The zero-order chi connectivity index (χ0) is 11.5. The van der Waals surface area contributed by atoms with Crippen LogP contribution in [0.25, 0.3) is 0 Å². The van der Waals surface area contributed by atoms with E-state index in [2.05, 4.69) is 13.8 Å². The van der Waals surface area contributed by atoms with Crippen molar-refractivity contribution in [3.63, 3.8) is 0 Å². The second kappa shape index (κ2) is 68.9. The molecule has 0 rings (SSSR count). The fourth-order valence-electron chi connectivity index (χ4n) is 0. The SMILES string of the molecule is CCO.CCO.CCO.[CH2-]CCC.[Ti]. The average Bonchev–Trinajstić information content (AvgIpc) is 2.08. The molecular weight excluding hydrogens is 216 g/mol. The fraction of sp³-hybridized carbons (Fsp3) is 0.900. The van der Waals surface area contributed by atoms with E-state index in [0.717, 1.165) is 6.42 Å². The third-order valence-corrected chi connectivity index (χ3v) is 0.354. The van der Waals surface area contributed by atoms with E-state index in [4.69, 9.17) is 15.3 Å². The largest absolute Gasteiger partial charge is 0.397 e. The average molecular weight is 243 g/mol. The molecule has 0 amide bonds. The molecule has 0 aromatic heterocycles. The molecule has 0 fully saturated rings. The first kappa shape index (κ1) is 29.3. The third kappa shape index (κ3) is 666. The van der Waals surface area contributed by atoms with Gasteiger partial charge in [-0.2, -0.15) is 6.42 Å². The van der Waals surface area contributed by atoms with Crippen LogP contribution in [0.15, 0.2) is 0 Å². The summed E-state index contributed by atoms with van der Waals surface area (Å²) >= 11 is 0. The standard InChI is InChI=1S/C4H9.3C2H6O.Ti/c1-3-4-2;3*1-2-3;/h1,3-4H2,2H3;3*3H,2H2,1H3;/q-1;;;;. The summed E-state index contributed by atoms with van der Waals surface area (Å²) in [5.74, 6) is 0. The molecule has 0 atom stereocenters. The molecule has 14 heavy (non-hydrogen) atoms. The Morgan fingerprint density at radius 1 is 0.786 bits per heavy atom. The van der Waals surface area contributed by atoms with Crippen LogP contribution in [0.4, 0.5) is 0 Å².